The summed E-state index contributed by atoms with van der Waals surface area (Å²) in [5, 5.41) is 9.23. The lowest BCUT2D eigenvalue weighted by Gasteiger charge is -2.35. The average Bonchev–Trinajstić information content (AvgIpc) is 2.35. The molecule has 17 heavy (non-hydrogen) atoms. The highest BCUT2D eigenvalue weighted by molar-refractivity contribution is 8.00. The molecular weight excluding hydrogens is 240 g/mol. The van der Waals surface area contributed by atoms with E-state index < -0.39 is 5.97 Å². The van der Waals surface area contributed by atoms with Gasteiger partial charge in [-0.1, -0.05) is 6.92 Å². The maximum absolute atomic E-state index is 12.1. The van der Waals surface area contributed by atoms with Crippen molar-refractivity contribution in [2.45, 2.75) is 25.5 Å². The molecule has 0 radical (unpaired) electrons. The SMILES string of the molecule is CCC1CN(C(=O)N(CC)CC(=O)O)CCS1. The van der Waals surface area contributed by atoms with E-state index in [2.05, 4.69) is 6.92 Å². The first-order chi connectivity index (χ1) is 8.08. The number of nitrogens with zero attached hydrogens (tertiary/aromatic N) is 2. The molecule has 1 aliphatic heterocycles. The first kappa shape index (κ1) is 14.2. The molecule has 1 atom stereocenters. The van der Waals surface area contributed by atoms with Crippen molar-refractivity contribution in [1.82, 2.24) is 9.80 Å². The lowest BCUT2D eigenvalue weighted by molar-refractivity contribution is -0.137. The molecule has 1 rings (SSSR count). The lowest BCUT2D eigenvalue weighted by Crippen LogP contribution is -2.49. The van der Waals surface area contributed by atoms with Gasteiger partial charge in [0.1, 0.15) is 6.54 Å². The first-order valence-electron chi connectivity index (χ1n) is 5.95. The Morgan fingerprint density at radius 3 is 2.71 bits per heavy atom. The van der Waals surface area contributed by atoms with Crippen LogP contribution < -0.4 is 0 Å². The van der Waals surface area contributed by atoms with Crippen LogP contribution in [0.1, 0.15) is 20.3 Å². The molecule has 6 heteroatoms. The second-order valence-electron chi connectivity index (χ2n) is 4.04. The van der Waals surface area contributed by atoms with Gasteiger partial charge < -0.3 is 14.9 Å². The number of aliphatic carboxylic acids is 1. The summed E-state index contributed by atoms with van der Waals surface area (Å²) in [6.45, 7) is 5.59. The fourth-order valence-corrected chi connectivity index (χ4v) is 3.00. The molecule has 0 aliphatic carbocycles. The number of amides is 2. The standard InChI is InChI=1S/C11H20N2O3S/c1-3-9-7-13(5-6-17-9)11(16)12(4-2)8-10(14)15/h9H,3-8H2,1-2H3,(H,14,15). The molecule has 0 saturated carbocycles. The normalized spacial score (nSPS) is 20.1. The summed E-state index contributed by atoms with van der Waals surface area (Å²) >= 11 is 1.89. The largest absolute Gasteiger partial charge is 0.480 e. The van der Waals surface area contributed by atoms with E-state index >= 15 is 0 Å². The van der Waals surface area contributed by atoms with Crippen LogP contribution in [0.5, 0.6) is 0 Å². The Hall–Kier alpha value is -0.910. The van der Waals surface area contributed by atoms with E-state index in [0.717, 1.165) is 25.3 Å². The zero-order valence-electron chi connectivity index (χ0n) is 10.4. The maximum atomic E-state index is 12.1. The zero-order valence-corrected chi connectivity index (χ0v) is 11.2. The van der Waals surface area contributed by atoms with E-state index in [1.807, 2.05) is 11.8 Å². The van der Waals surface area contributed by atoms with Crippen molar-refractivity contribution in [3.63, 3.8) is 0 Å². The van der Waals surface area contributed by atoms with Crippen LogP contribution in [-0.4, -0.2) is 64.1 Å². The van der Waals surface area contributed by atoms with E-state index in [1.165, 1.54) is 4.90 Å². The van der Waals surface area contributed by atoms with Crippen molar-refractivity contribution in [1.29, 1.82) is 0 Å². The number of carboxylic acid groups (broad SMARTS) is 1. The Morgan fingerprint density at radius 1 is 1.47 bits per heavy atom. The van der Waals surface area contributed by atoms with Gasteiger partial charge in [0.15, 0.2) is 0 Å². The first-order valence-corrected chi connectivity index (χ1v) is 7.00. The van der Waals surface area contributed by atoms with Gasteiger partial charge in [0.05, 0.1) is 0 Å². The topological polar surface area (TPSA) is 60.9 Å². The van der Waals surface area contributed by atoms with Crippen LogP contribution in [-0.2, 0) is 4.79 Å². The smallest absolute Gasteiger partial charge is 0.323 e. The van der Waals surface area contributed by atoms with Gasteiger partial charge in [-0.25, -0.2) is 4.79 Å². The molecule has 1 saturated heterocycles. The summed E-state index contributed by atoms with van der Waals surface area (Å²) in [4.78, 5) is 25.9. The number of carbonyl (C=O) groups excluding carboxylic acids is 1. The third kappa shape index (κ3) is 4.11. The molecule has 1 heterocycles. The molecular formula is C11H20N2O3S. The van der Waals surface area contributed by atoms with E-state index in [1.54, 1.807) is 11.8 Å². The minimum absolute atomic E-state index is 0.145. The van der Waals surface area contributed by atoms with Crippen LogP contribution in [0.3, 0.4) is 0 Å². The van der Waals surface area contributed by atoms with Crippen LogP contribution in [0.15, 0.2) is 0 Å². The quantitative estimate of drug-likeness (QED) is 0.828. The maximum Gasteiger partial charge on any atom is 0.323 e. The molecule has 1 unspecified atom stereocenters. The van der Waals surface area contributed by atoms with Crippen molar-refractivity contribution in [3.05, 3.63) is 0 Å². The highest BCUT2D eigenvalue weighted by Gasteiger charge is 2.26. The van der Waals surface area contributed by atoms with Gasteiger partial charge in [-0.3, -0.25) is 4.79 Å². The highest BCUT2D eigenvalue weighted by Crippen LogP contribution is 2.21. The summed E-state index contributed by atoms with van der Waals surface area (Å²) in [5.74, 6) is -0.0202. The van der Waals surface area contributed by atoms with Crippen LogP contribution in [0.4, 0.5) is 4.79 Å². The number of likely N-dealkylation sites (N-methyl/N-ethyl adjacent to an activating group) is 1. The summed E-state index contributed by atoms with van der Waals surface area (Å²) in [6.07, 6.45) is 1.04. The summed E-state index contributed by atoms with van der Waals surface area (Å²) in [6, 6.07) is -0.145. The van der Waals surface area contributed by atoms with Gasteiger partial charge in [-0.15, -0.1) is 0 Å². The number of urea groups is 1. The minimum atomic E-state index is -0.960. The van der Waals surface area contributed by atoms with E-state index in [9.17, 15) is 9.59 Å². The summed E-state index contributed by atoms with van der Waals surface area (Å²) in [7, 11) is 0. The Balaban J connectivity index is 2.57. The Labute approximate surface area is 106 Å². The van der Waals surface area contributed by atoms with Crippen molar-refractivity contribution >= 4 is 23.8 Å². The fourth-order valence-electron chi connectivity index (χ4n) is 1.82. The molecule has 0 aromatic heterocycles. The summed E-state index contributed by atoms with van der Waals surface area (Å²) in [5.41, 5.74) is 0. The molecule has 0 bridgehead atoms. The summed E-state index contributed by atoms with van der Waals surface area (Å²) < 4.78 is 0. The number of hydrogen-bond acceptors (Lipinski definition) is 3. The predicted octanol–water partition coefficient (Wildman–Crippen LogP) is 1.34. The number of carboxylic acids is 1. The molecule has 98 valence electrons. The van der Waals surface area contributed by atoms with Gasteiger partial charge in [0.2, 0.25) is 0 Å². The average molecular weight is 260 g/mol. The fraction of sp³-hybridized carbons (Fsp3) is 0.818. The zero-order chi connectivity index (χ0) is 12.8. The van der Waals surface area contributed by atoms with Gasteiger partial charge in [-0.05, 0) is 13.3 Å². The molecule has 2 amide bonds. The molecule has 0 aromatic rings. The molecule has 1 aliphatic rings. The van der Waals surface area contributed by atoms with Gasteiger partial charge in [-0.2, -0.15) is 11.8 Å². The molecule has 1 N–H and O–H groups in total. The Bertz CT molecular complexity index is 286. The van der Waals surface area contributed by atoms with Crippen molar-refractivity contribution in [2.24, 2.45) is 0 Å². The number of thioether (sulfide) groups is 1. The second kappa shape index (κ2) is 6.74. The highest BCUT2D eigenvalue weighted by atomic mass is 32.2. The molecule has 0 spiro atoms. The monoisotopic (exact) mass is 260 g/mol. The predicted molar refractivity (Wildman–Crippen MR) is 68.4 cm³/mol. The minimum Gasteiger partial charge on any atom is -0.480 e. The van der Waals surface area contributed by atoms with Crippen molar-refractivity contribution in [3.8, 4) is 0 Å². The van der Waals surface area contributed by atoms with Crippen LogP contribution in [0.2, 0.25) is 0 Å². The molecule has 1 fully saturated rings. The van der Waals surface area contributed by atoms with Crippen LogP contribution in [0, 0.1) is 0 Å². The van der Waals surface area contributed by atoms with Gasteiger partial charge in [0, 0.05) is 30.6 Å². The Morgan fingerprint density at radius 2 is 2.18 bits per heavy atom. The van der Waals surface area contributed by atoms with E-state index in [4.69, 9.17) is 5.11 Å². The van der Waals surface area contributed by atoms with Crippen LogP contribution >= 0.6 is 11.8 Å². The number of carbonyl (C=O) groups is 2. The van der Waals surface area contributed by atoms with Gasteiger partial charge >= 0.3 is 12.0 Å². The number of hydrogen-bond donors (Lipinski definition) is 1. The van der Waals surface area contributed by atoms with Crippen molar-refractivity contribution < 1.29 is 14.7 Å². The molecule has 5 nitrogen and oxygen atoms in total. The Kier molecular flexibility index (Phi) is 5.61. The third-order valence-electron chi connectivity index (χ3n) is 2.84. The van der Waals surface area contributed by atoms with E-state index in [-0.39, 0.29) is 12.6 Å². The van der Waals surface area contributed by atoms with Gasteiger partial charge in [0.25, 0.3) is 0 Å². The third-order valence-corrected chi connectivity index (χ3v) is 4.22. The molecule has 0 aromatic carbocycles. The van der Waals surface area contributed by atoms with Crippen LogP contribution in [0.25, 0.3) is 0 Å². The number of rotatable bonds is 4. The van der Waals surface area contributed by atoms with Crippen molar-refractivity contribution in [2.75, 3.05) is 31.9 Å². The lowest BCUT2D eigenvalue weighted by atomic mass is 10.3. The van der Waals surface area contributed by atoms with E-state index in [0.29, 0.717) is 11.8 Å². The second-order valence-corrected chi connectivity index (χ2v) is 5.45.